The number of anilines is 2. The molecule has 0 bridgehead atoms. The van der Waals surface area contributed by atoms with Crippen molar-refractivity contribution in [3.05, 3.63) is 73.3 Å². The number of unbranched alkanes of at least 4 members (excludes halogenated alkanes) is 1. The first-order chi connectivity index (χ1) is 20.5. The number of benzene rings is 2. The number of hydrogen-bond acceptors (Lipinski definition) is 6. The highest BCUT2D eigenvalue weighted by Gasteiger charge is 2.15. The van der Waals surface area contributed by atoms with Gasteiger partial charge in [0.2, 0.25) is 0 Å². The molecule has 2 heterocycles. The van der Waals surface area contributed by atoms with Crippen molar-refractivity contribution >= 4 is 34.6 Å². The van der Waals surface area contributed by atoms with Gasteiger partial charge in [-0.1, -0.05) is 10.2 Å². The highest BCUT2D eigenvalue weighted by molar-refractivity contribution is 5.53. The normalized spacial score (nSPS) is 11.7. The molecule has 0 saturated heterocycles. The largest absolute Gasteiger partial charge is 0.421 e. The van der Waals surface area contributed by atoms with Crippen molar-refractivity contribution in [3.63, 3.8) is 0 Å². The fourth-order valence-electron chi connectivity index (χ4n) is 4.84. The lowest BCUT2D eigenvalue weighted by Crippen LogP contribution is -2.30. The maximum atomic E-state index is 4.51. The molecule has 10 nitrogen and oxygen atoms in total. The standard InChI is InChI=1S/C32H46N10/c1-7-39-23-24-40(8-2)31(39)35-33-27-13-17-29(18-14-27)37(5)21-11-12-22-38(6)30-19-15-28(16-20-30)34-36-32-41(9-3)25-26-42(32)10-4/h13-20,23-26H,7-12,21-22H2,1-6H3/q+2. The predicted octanol–water partition coefficient (Wildman–Crippen LogP) is 7.13. The third-order valence-electron chi connectivity index (χ3n) is 7.57. The average molecular weight is 571 g/mol. The van der Waals surface area contributed by atoms with Crippen LogP contribution in [-0.2, 0) is 26.2 Å². The molecule has 0 aliphatic carbocycles. The van der Waals surface area contributed by atoms with Crippen molar-refractivity contribution in [2.45, 2.75) is 66.7 Å². The molecule has 2 aromatic heterocycles. The van der Waals surface area contributed by atoms with Crippen molar-refractivity contribution in [2.24, 2.45) is 20.5 Å². The van der Waals surface area contributed by atoms with E-state index in [1.54, 1.807) is 0 Å². The van der Waals surface area contributed by atoms with E-state index in [9.17, 15) is 0 Å². The molecule has 0 unspecified atom stereocenters. The fraction of sp³-hybridized carbons (Fsp3) is 0.438. The molecule has 2 aromatic carbocycles. The van der Waals surface area contributed by atoms with Gasteiger partial charge >= 0.3 is 11.9 Å². The monoisotopic (exact) mass is 570 g/mol. The second-order valence-electron chi connectivity index (χ2n) is 10.3. The van der Waals surface area contributed by atoms with Gasteiger partial charge in [-0.25, -0.2) is 18.3 Å². The summed E-state index contributed by atoms with van der Waals surface area (Å²) < 4.78 is 8.40. The second-order valence-corrected chi connectivity index (χ2v) is 10.3. The van der Waals surface area contributed by atoms with E-state index in [0.29, 0.717) is 0 Å². The first kappa shape index (κ1) is 30.6. The third kappa shape index (κ3) is 7.69. The van der Waals surface area contributed by atoms with Gasteiger partial charge in [0.25, 0.3) is 0 Å². The number of hydrogen-bond donors (Lipinski definition) is 0. The quantitative estimate of drug-likeness (QED) is 0.0866. The van der Waals surface area contributed by atoms with Gasteiger partial charge in [0, 0.05) is 48.8 Å². The summed E-state index contributed by atoms with van der Waals surface area (Å²) in [5, 5.41) is 18.0. The third-order valence-corrected chi connectivity index (χ3v) is 7.57. The zero-order valence-corrected chi connectivity index (χ0v) is 26.1. The molecule has 42 heavy (non-hydrogen) atoms. The Kier molecular flexibility index (Phi) is 11.0. The summed E-state index contributed by atoms with van der Waals surface area (Å²) in [5.74, 6) is 1.74. The smallest absolute Gasteiger partial charge is 0.375 e. The Morgan fingerprint density at radius 2 is 0.952 bits per heavy atom. The van der Waals surface area contributed by atoms with Gasteiger partial charge in [0.15, 0.2) is 0 Å². The second kappa shape index (κ2) is 15.0. The molecule has 10 heteroatoms. The van der Waals surface area contributed by atoms with Crippen molar-refractivity contribution in [2.75, 3.05) is 37.0 Å². The molecule has 0 radical (unpaired) electrons. The van der Waals surface area contributed by atoms with Gasteiger partial charge < -0.3 is 9.80 Å². The lowest BCUT2D eigenvalue weighted by Gasteiger charge is -2.22. The summed E-state index contributed by atoms with van der Waals surface area (Å²) in [6, 6.07) is 16.6. The lowest BCUT2D eigenvalue weighted by atomic mass is 10.2. The number of aryl methyl sites for hydroxylation is 4. The van der Waals surface area contributed by atoms with E-state index in [1.807, 2.05) is 49.1 Å². The van der Waals surface area contributed by atoms with Crippen LogP contribution in [0.5, 0.6) is 0 Å². The van der Waals surface area contributed by atoms with Gasteiger partial charge in [0.05, 0.1) is 51.0 Å². The van der Waals surface area contributed by atoms with Gasteiger partial charge in [0.1, 0.15) is 11.4 Å². The maximum Gasteiger partial charge on any atom is 0.421 e. The zero-order valence-electron chi connectivity index (χ0n) is 26.1. The first-order valence-electron chi connectivity index (χ1n) is 15.1. The summed E-state index contributed by atoms with van der Waals surface area (Å²) in [6.45, 7) is 13.9. The van der Waals surface area contributed by atoms with Crippen LogP contribution in [-0.4, -0.2) is 36.3 Å². The van der Waals surface area contributed by atoms with Crippen molar-refractivity contribution in [1.29, 1.82) is 0 Å². The fourth-order valence-corrected chi connectivity index (χ4v) is 4.84. The average Bonchev–Trinajstić information content (AvgIpc) is 3.63. The van der Waals surface area contributed by atoms with Crippen molar-refractivity contribution in [3.8, 4) is 0 Å². The topological polar surface area (TPSA) is 73.5 Å². The van der Waals surface area contributed by atoms with E-state index in [0.717, 1.165) is 75.4 Å². The zero-order chi connectivity index (χ0) is 29.9. The van der Waals surface area contributed by atoms with Crippen LogP contribution in [0.25, 0.3) is 0 Å². The number of azo groups is 2. The Balaban J connectivity index is 1.22. The van der Waals surface area contributed by atoms with Crippen LogP contribution in [0.4, 0.5) is 34.6 Å². The minimum atomic E-state index is 0.855. The molecule has 0 aliphatic heterocycles. The van der Waals surface area contributed by atoms with E-state index in [-0.39, 0.29) is 0 Å². The Hall–Kier alpha value is -4.34. The van der Waals surface area contributed by atoms with Crippen LogP contribution in [0.2, 0.25) is 0 Å². The van der Waals surface area contributed by atoms with Crippen LogP contribution in [0.1, 0.15) is 40.5 Å². The SMILES string of the molecule is CCn1cc[n+](CC)c1N=Nc1ccc(N(C)CCCCN(C)c2ccc(N=Nc3n(CC)cc[n+]3CC)cc2)cc1. The first-order valence-corrected chi connectivity index (χ1v) is 15.1. The highest BCUT2D eigenvalue weighted by atomic mass is 15.3. The summed E-state index contributed by atoms with van der Waals surface area (Å²) in [4.78, 5) is 4.59. The van der Waals surface area contributed by atoms with Gasteiger partial charge in [-0.3, -0.25) is 0 Å². The maximum absolute atomic E-state index is 4.51. The molecule has 4 rings (SSSR count). The molecule has 0 N–H and O–H groups in total. The van der Waals surface area contributed by atoms with Crippen LogP contribution < -0.4 is 18.9 Å². The summed E-state index contributed by atoms with van der Waals surface area (Å²) in [5.41, 5.74) is 4.08. The van der Waals surface area contributed by atoms with Crippen LogP contribution in [0.3, 0.4) is 0 Å². The summed E-state index contributed by atoms with van der Waals surface area (Å²) in [7, 11) is 4.29. The van der Waals surface area contributed by atoms with E-state index < -0.39 is 0 Å². The van der Waals surface area contributed by atoms with Gasteiger partial charge in [-0.2, -0.15) is 0 Å². The number of imidazole rings is 2. The van der Waals surface area contributed by atoms with Crippen LogP contribution in [0.15, 0.2) is 93.8 Å². The summed E-state index contributed by atoms with van der Waals surface area (Å²) >= 11 is 0. The number of rotatable bonds is 15. The van der Waals surface area contributed by atoms with Crippen molar-refractivity contribution in [1.82, 2.24) is 9.13 Å². The van der Waals surface area contributed by atoms with E-state index >= 15 is 0 Å². The molecular weight excluding hydrogens is 524 g/mol. The molecule has 0 amide bonds. The van der Waals surface area contributed by atoms with Gasteiger partial charge in [-0.05, 0) is 89.1 Å². The molecule has 0 saturated carbocycles. The van der Waals surface area contributed by atoms with E-state index in [2.05, 4.69) is 115 Å². The molecule has 0 fully saturated rings. The minimum Gasteiger partial charge on any atom is -0.375 e. The minimum absolute atomic E-state index is 0.855. The van der Waals surface area contributed by atoms with Crippen LogP contribution in [0, 0.1) is 0 Å². The number of aromatic nitrogens is 4. The molecule has 0 aliphatic rings. The molecule has 222 valence electrons. The Bertz CT molecular complexity index is 1290. The molecular formula is C32H46N10+2. The molecule has 4 aromatic rings. The van der Waals surface area contributed by atoms with Gasteiger partial charge in [-0.15, -0.1) is 0 Å². The lowest BCUT2D eigenvalue weighted by molar-refractivity contribution is -0.680. The predicted molar refractivity (Wildman–Crippen MR) is 169 cm³/mol. The Morgan fingerprint density at radius 3 is 1.29 bits per heavy atom. The van der Waals surface area contributed by atoms with E-state index in [1.165, 1.54) is 11.4 Å². The highest BCUT2D eigenvalue weighted by Crippen LogP contribution is 2.23. The number of nitrogens with zero attached hydrogens (tertiary/aromatic N) is 10. The molecule has 0 spiro atoms. The molecule has 0 atom stereocenters. The van der Waals surface area contributed by atoms with Crippen molar-refractivity contribution < 1.29 is 9.13 Å². The van der Waals surface area contributed by atoms with Crippen LogP contribution >= 0.6 is 0 Å². The van der Waals surface area contributed by atoms with E-state index in [4.69, 9.17) is 0 Å². The Labute approximate surface area is 250 Å². The summed E-state index contributed by atoms with van der Waals surface area (Å²) in [6.07, 6.45) is 10.4. The Morgan fingerprint density at radius 1 is 0.571 bits per heavy atom.